The molecule has 2 heteroatoms. The Kier molecular flexibility index (Phi) is 3.30. The smallest absolute Gasteiger partial charge is 0.223 e. The summed E-state index contributed by atoms with van der Waals surface area (Å²) < 4.78 is 0. The predicted molar refractivity (Wildman–Crippen MR) is 88.1 cm³/mol. The van der Waals surface area contributed by atoms with E-state index in [0.29, 0.717) is 18.4 Å². The van der Waals surface area contributed by atoms with Crippen LogP contribution in [-0.2, 0) is 4.79 Å². The van der Waals surface area contributed by atoms with Crippen molar-refractivity contribution < 1.29 is 4.79 Å². The second kappa shape index (κ2) is 5.45. The molecule has 1 saturated heterocycles. The van der Waals surface area contributed by atoms with Crippen LogP contribution < -0.4 is 0 Å². The van der Waals surface area contributed by atoms with Crippen LogP contribution in [-0.4, -0.2) is 16.8 Å². The summed E-state index contributed by atoms with van der Waals surface area (Å²) in [5.41, 5.74) is 3.85. The Morgan fingerprint density at radius 2 is 1.59 bits per heavy atom. The second-order valence-corrected chi connectivity index (χ2v) is 6.11. The number of amides is 1. The number of carbonyl (C=O) groups excluding carboxylic acids is 1. The average Bonchev–Trinajstić information content (AvgIpc) is 2.97. The van der Waals surface area contributed by atoms with E-state index in [-0.39, 0.29) is 6.04 Å². The van der Waals surface area contributed by atoms with Gasteiger partial charge in [0.1, 0.15) is 0 Å². The van der Waals surface area contributed by atoms with Crippen molar-refractivity contribution in [3.05, 3.63) is 77.9 Å². The normalized spacial score (nSPS) is 24.1. The molecule has 0 bridgehead atoms. The van der Waals surface area contributed by atoms with E-state index in [9.17, 15) is 4.79 Å². The van der Waals surface area contributed by atoms with E-state index in [1.165, 1.54) is 16.7 Å². The highest BCUT2D eigenvalue weighted by Crippen LogP contribution is 2.41. The maximum absolute atomic E-state index is 12.3. The molecule has 2 unspecified atom stereocenters. The number of carbonyl (C=O) groups is 1. The molecule has 0 spiro atoms. The number of rotatable bonds is 2. The van der Waals surface area contributed by atoms with Crippen LogP contribution in [0.5, 0.6) is 0 Å². The first-order valence-electron chi connectivity index (χ1n) is 7.95. The molecule has 0 aromatic heterocycles. The van der Waals surface area contributed by atoms with E-state index in [2.05, 4.69) is 59.5 Å². The van der Waals surface area contributed by atoms with Gasteiger partial charge in [0.05, 0.1) is 6.04 Å². The Labute approximate surface area is 131 Å². The van der Waals surface area contributed by atoms with Crippen molar-refractivity contribution in [1.82, 2.24) is 4.90 Å². The third-order valence-electron chi connectivity index (χ3n) is 4.77. The molecule has 2 aliphatic heterocycles. The molecule has 0 aliphatic carbocycles. The molecule has 2 aliphatic rings. The summed E-state index contributed by atoms with van der Waals surface area (Å²) in [7, 11) is 0. The van der Waals surface area contributed by atoms with Gasteiger partial charge in [-0.1, -0.05) is 66.7 Å². The molecule has 2 atom stereocenters. The summed E-state index contributed by atoms with van der Waals surface area (Å²) in [5, 5.41) is 0. The number of fused-ring (bicyclic) bond motifs is 1. The Bertz CT molecular complexity index is 705. The number of benzene rings is 2. The van der Waals surface area contributed by atoms with E-state index in [0.717, 1.165) is 12.8 Å². The van der Waals surface area contributed by atoms with Gasteiger partial charge in [0, 0.05) is 12.5 Å². The van der Waals surface area contributed by atoms with E-state index in [1.807, 2.05) is 12.1 Å². The van der Waals surface area contributed by atoms with Crippen molar-refractivity contribution in [1.29, 1.82) is 0 Å². The first-order chi connectivity index (χ1) is 10.8. The molecule has 2 aromatic carbocycles. The van der Waals surface area contributed by atoms with Gasteiger partial charge in [-0.15, -0.1) is 0 Å². The lowest BCUT2D eigenvalue weighted by molar-refractivity contribution is -0.130. The van der Waals surface area contributed by atoms with Crippen LogP contribution in [0.15, 0.2) is 66.7 Å². The summed E-state index contributed by atoms with van der Waals surface area (Å²) in [6, 6.07) is 21.3. The van der Waals surface area contributed by atoms with Crippen LogP contribution in [0.25, 0.3) is 5.57 Å². The van der Waals surface area contributed by atoms with Crippen LogP contribution in [0.4, 0.5) is 0 Å². The van der Waals surface area contributed by atoms with Gasteiger partial charge < -0.3 is 4.90 Å². The summed E-state index contributed by atoms with van der Waals surface area (Å²) in [6.45, 7) is 0. The first-order valence-corrected chi connectivity index (χ1v) is 7.95. The molecule has 2 aromatic rings. The Morgan fingerprint density at radius 3 is 2.32 bits per heavy atom. The summed E-state index contributed by atoms with van der Waals surface area (Å²) in [5.74, 6) is 0.294. The lowest BCUT2D eigenvalue weighted by Crippen LogP contribution is -2.38. The minimum atomic E-state index is 0.0742. The maximum Gasteiger partial charge on any atom is 0.223 e. The van der Waals surface area contributed by atoms with Crippen molar-refractivity contribution in [3.63, 3.8) is 0 Å². The van der Waals surface area contributed by atoms with E-state index in [1.54, 1.807) is 0 Å². The zero-order valence-corrected chi connectivity index (χ0v) is 12.5. The second-order valence-electron chi connectivity index (χ2n) is 6.11. The van der Waals surface area contributed by atoms with Gasteiger partial charge in [-0.2, -0.15) is 0 Å². The Hall–Kier alpha value is -2.35. The van der Waals surface area contributed by atoms with Crippen molar-refractivity contribution in [3.8, 4) is 0 Å². The summed E-state index contributed by atoms with van der Waals surface area (Å²) in [6.07, 6.45) is 4.92. The standard InChI is InChI=1S/C20H19NO/c22-20-12-11-18-13-17(15-7-3-1-4-8-15)14-19(21(18)20)16-9-5-2-6-10-16/h1-10,14,18-19H,11-13H2. The quantitative estimate of drug-likeness (QED) is 0.811. The highest BCUT2D eigenvalue weighted by Gasteiger charge is 2.39. The minimum Gasteiger partial charge on any atom is -0.329 e. The molecule has 2 nitrogen and oxygen atoms in total. The largest absolute Gasteiger partial charge is 0.329 e. The highest BCUT2D eigenvalue weighted by atomic mass is 16.2. The van der Waals surface area contributed by atoms with E-state index in [4.69, 9.17) is 0 Å². The molecule has 2 heterocycles. The molecular formula is C20H19NO. The summed E-state index contributed by atoms with van der Waals surface area (Å²) in [4.78, 5) is 14.4. The van der Waals surface area contributed by atoms with Gasteiger partial charge in [-0.3, -0.25) is 4.79 Å². The third-order valence-corrected chi connectivity index (χ3v) is 4.77. The Morgan fingerprint density at radius 1 is 0.909 bits per heavy atom. The van der Waals surface area contributed by atoms with Crippen molar-refractivity contribution in [2.45, 2.75) is 31.3 Å². The zero-order valence-electron chi connectivity index (χ0n) is 12.5. The number of nitrogens with zero attached hydrogens (tertiary/aromatic N) is 1. The molecule has 110 valence electrons. The number of hydrogen-bond donors (Lipinski definition) is 0. The molecular weight excluding hydrogens is 270 g/mol. The van der Waals surface area contributed by atoms with Gasteiger partial charge in [-0.05, 0) is 29.5 Å². The molecule has 0 radical (unpaired) electrons. The van der Waals surface area contributed by atoms with Crippen LogP contribution in [0.3, 0.4) is 0 Å². The van der Waals surface area contributed by atoms with Gasteiger partial charge in [0.15, 0.2) is 0 Å². The van der Waals surface area contributed by atoms with E-state index < -0.39 is 0 Å². The van der Waals surface area contributed by atoms with Crippen molar-refractivity contribution in [2.24, 2.45) is 0 Å². The van der Waals surface area contributed by atoms with Crippen LogP contribution >= 0.6 is 0 Å². The highest BCUT2D eigenvalue weighted by molar-refractivity contribution is 5.82. The Balaban J connectivity index is 1.79. The molecule has 1 fully saturated rings. The maximum atomic E-state index is 12.3. The molecule has 0 saturated carbocycles. The predicted octanol–water partition coefficient (Wildman–Crippen LogP) is 4.21. The zero-order chi connectivity index (χ0) is 14.9. The lowest BCUT2D eigenvalue weighted by atomic mass is 9.89. The lowest BCUT2D eigenvalue weighted by Gasteiger charge is -2.37. The monoisotopic (exact) mass is 289 g/mol. The summed E-state index contributed by atoms with van der Waals surface area (Å²) >= 11 is 0. The topological polar surface area (TPSA) is 20.3 Å². The van der Waals surface area contributed by atoms with Crippen LogP contribution in [0.1, 0.15) is 36.4 Å². The fourth-order valence-electron chi connectivity index (χ4n) is 3.71. The van der Waals surface area contributed by atoms with E-state index >= 15 is 0 Å². The van der Waals surface area contributed by atoms with Gasteiger partial charge in [0.25, 0.3) is 0 Å². The fraction of sp³-hybridized carbons (Fsp3) is 0.250. The SMILES string of the molecule is O=C1CCC2CC(c3ccccc3)=CC(c3ccccc3)N12. The fourth-order valence-corrected chi connectivity index (χ4v) is 3.71. The minimum absolute atomic E-state index is 0.0742. The average molecular weight is 289 g/mol. The molecule has 1 amide bonds. The van der Waals surface area contributed by atoms with Crippen LogP contribution in [0.2, 0.25) is 0 Å². The van der Waals surface area contributed by atoms with Gasteiger partial charge in [0.2, 0.25) is 5.91 Å². The van der Waals surface area contributed by atoms with Gasteiger partial charge >= 0.3 is 0 Å². The molecule has 0 N–H and O–H groups in total. The first kappa shape index (κ1) is 13.3. The number of hydrogen-bond acceptors (Lipinski definition) is 1. The van der Waals surface area contributed by atoms with Crippen molar-refractivity contribution >= 4 is 11.5 Å². The van der Waals surface area contributed by atoms with Gasteiger partial charge in [-0.25, -0.2) is 0 Å². The van der Waals surface area contributed by atoms with Crippen LogP contribution in [0, 0.1) is 0 Å². The molecule has 22 heavy (non-hydrogen) atoms. The molecule has 4 rings (SSSR count). The third kappa shape index (κ3) is 2.25. The van der Waals surface area contributed by atoms with Crippen molar-refractivity contribution in [2.75, 3.05) is 0 Å².